The number of ether oxygens (including phenoxy) is 1. The first-order valence-electron chi connectivity index (χ1n) is 10.5. The van der Waals surface area contributed by atoms with E-state index >= 15 is 0 Å². The van der Waals surface area contributed by atoms with Crippen LogP contribution in [0.4, 0.5) is 0 Å². The zero-order chi connectivity index (χ0) is 21.8. The quantitative estimate of drug-likeness (QED) is 0.657. The van der Waals surface area contributed by atoms with Gasteiger partial charge in [-0.05, 0) is 56.7 Å². The number of carbonyl (C=O) groups excluding carboxylic acids is 1. The summed E-state index contributed by atoms with van der Waals surface area (Å²) < 4.78 is 11.3. The van der Waals surface area contributed by atoms with Gasteiger partial charge in [-0.1, -0.05) is 18.2 Å². The van der Waals surface area contributed by atoms with E-state index in [-0.39, 0.29) is 11.4 Å². The number of aromatic nitrogens is 2. The first kappa shape index (κ1) is 21.2. The summed E-state index contributed by atoms with van der Waals surface area (Å²) in [5.41, 5.74) is 3.23. The maximum absolute atomic E-state index is 12.6. The predicted molar refractivity (Wildman–Crippen MR) is 119 cm³/mol. The van der Waals surface area contributed by atoms with Gasteiger partial charge in [0.2, 0.25) is 11.8 Å². The Bertz CT molecular complexity index is 1040. The largest absolute Gasteiger partial charge is 0.416 e. The first-order valence-corrected chi connectivity index (χ1v) is 10.5. The van der Waals surface area contributed by atoms with Crippen LogP contribution in [-0.2, 0) is 4.74 Å². The summed E-state index contributed by atoms with van der Waals surface area (Å²) in [6.07, 6.45) is 0. The van der Waals surface area contributed by atoms with Crippen molar-refractivity contribution in [2.24, 2.45) is 0 Å². The Hall–Kier alpha value is -3.03. The van der Waals surface area contributed by atoms with Gasteiger partial charge in [0, 0.05) is 41.9 Å². The minimum Gasteiger partial charge on any atom is -0.416 e. The van der Waals surface area contributed by atoms with E-state index in [1.165, 1.54) is 0 Å². The minimum absolute atomic E-state index is 0.0981. The molecule has 1 N–H and O–H groups in total. The van der Waals surface area contributed by atoms with Crippen molar-refractivity contribution in [2.75, 3.05) is 32.8 Å². The van der Waals surface area contributed by atoms with E-state index in [0.29, 0.717) is 23.9 Å². The summed E-state index contributed by atoms with van der Waals surface area (Å²) in [4.78, 5) is 15.0. The molecule has 4 rings (SSSR count). The van der Waals surface area contributed by atoms with Crippen molar-refractivity contribution >= 4 is 5.91 Å². The van der Waals surface area contributed by atoms with Gasteiger partial charge in [-0.3, -0.25) is 9.69 Å². The van der Waals surface area contributed by atoms with Gasteiger partial charge in [0.1, 0.15) is 0 Å². The SMILES string of the molecule is Cc1ccccc1-c1nnc(-c2ccc(C(=O)NCC(C)(C)N3CCOCC3)cc2)o1. The summed E-state index contributed by atoms with van der Waals surface area (Å²) >= 11 is 0. The summed E-state index contributed by atoms with van der Waals surface area (Å²) in [7, 11) is 0. The topological polar surface area (TPSA) is 80.5 Å². The van der Waals surface area contributed by atoms with Gasteiger partial charge < -0.3 is 14.5 Å². The Labute approximate surface area is 182 Å². The Morgan fingerprint density at radius 3 is 2.42 bits per heavy atom. The highest BCUT2D eigenvalue weighted by Gasteiger charge is 2.28. The molecule has 1 amide bonds. The van der Waals surface area contributed by atoms with Gasteiger partial charge in [0.25, 0.3) is 5.91 Å². The van der Waals surface area contributed by atoms with E-state index in [1.54, 1.807) is 12.1 Å². The molecule has 0 bridgehead atoms. The third-order valence-corrected chi connectivity index (χ3v) is 5.74. The molecule has 1 saturated heterocycles. The van der Waals surface area contributed by atoms with Gasteiger partial charge in [0.15, 0.2) is 0 Å². The zero-order valence-electron chi connectivity index (χ0n) is 18.2. The van der Waals surface area contributed by atoms with E-state index in [9.17, 15) is 4.79 Å². The van der Waals surface area contributed by atoms with Crippen molar-refractivity contribution in [1.82, 2.24) is 20.4 Å². The molecule has 0 atom stereocenters. The summed E-state index contributed by atoms with van der Waals surface area (Å²) in [6, 6.07) is 15.1. The van der Waals surface area contributed by atoms with E-state index < -0.39 is 0 Å². The molecule has 162 valence electrons. The van der Waals surface area contributed by atoms with Crippen LogP contribution in [-0.4, -0.2) is 59.4 Å². The van der Waals surface area contributed by atoms with E-state index in [0.717, 1.165) is 43.0 Å². The second kappa shape index (κ2) is 8.99. The van der Waals surface area contributed by atoms with Crippen LogP contribution in [0.25, 0.3) is 22.9 Å². The van der Waals surface area contributed by atoms with Crippen LogP contribution in [0.1, 0.15) is 29.8 Å². The lowest BCUT2D eigenvalue weighted by Gasteiger charge is -2.40. The number of hydrogen-bond acceptors (Lipinski definition) is 6. The van der Waals surface area contributed by atoms with Crippen molar-refractivity contribution in [3.05, 3.63) is 59.7 Å². The fourth-order valence-electron chi connectivity index (χ4n) is 3.70. The molecule has 7 heteroatoms. The zero-order valence-corrected chi connectivity index (χ0v) is 18.2. The Morgan fingerprint density at radius 2 is 1.71 bits per heavy atom. The number of carbonyl (C=O) groups is 1. The second-order valence-corrected chi connectivity index (χ2v) is 8.40. The van der Waals surface area contributed by atoms with Crippen molar-refractivity contribution in [3.63, 3.8) is 0 Å². The highest BCUT2D eigenvalue weighted by Crippen LogP contribution is 2.26. The van der Waals surface area contributed by atoms with E-state index in [4.69, 9.17) is 9.15 Å². The number of rotatable bonds is 6. The van der Waals surface area contributed by atoms with Gasteiger partial charge in [-0.25, -0.2) is 0 Å². The van der Waals surface area contributed by atoms with Crippen molar-refractivity contribution in [2.45, 2.75) is 26.3 Å². The van der Waals surface area contributed by atoms with Gasteiger partial charge in [0.05, 0.1) is 13.2 Å². The molecule has 2 heterocycles. The van der Waals surface area contributed by atoms with Crippen molar-refractivity contribution < 1.29 is 13.9 Å². The number of nitrogens with zero attached hydrogens (tertiary/aromatic N) is 3. The number of nitrogens with one attached hydrogen (secondary N) is 1. The van der Waals surface area contributed by atoms with Crippen LogP contribution in [0.15, 0.2) is 52.9 Å². The first-order chi connectivity index (χ1) is 14.9. The third-order valence-electron chi connectivity index (χ3n) is 5.74. The maximum Gasteiger partial charge on any atom is 0.251 e. The molecule has 1 aliphatic rings. The lowest BCUT2D eigenvalue weighted by atomic mass is 10.0. The summed E-state index contributed by atoms with van der Waals surface area (Å²) in [6.45, 7) is 10.1. The summed E-state index contributed by atoms with van der Waals surface area (Å²) in [5, 5.41) is 11.4. The van der Waals surface area contributed by atoms with Crippen LogP contribution >= 0.6 is 0 Å². The minimum atomic E-state index is -0.130. The van der Waals surface area contributed by atoms with Crippen molar-refractivity contribution in [3.8, 4) is 22.9 Å². The number of morpholine rings is 1. The number of amides is 1. The fourth-order valence-corrected chi connectivity index (χ4v) is 3.70. The van der Waals surface area contributed by atoms with E-state index in [2.05, 4.69) is 34.3 Å². The molecular weight excluding hydrogens is 392 g/mol. The lowest BCUT2D eigenvalue weighted by molar-refractivity contribution is -0.00923. The molecule has 0 radical (unpaired) electrons. The monoisotopic (exact) mass is 420 g/mol. The molecule has 0 aliphatic carbocycles. The van der Waals surface area contributed by atoms with Crippen LogP contribution < -0.4 is 5.32 Å². The average molecular weight is 421 g/mol. The van der Waals surface area contributed by atoms with Gasteiger partial charge in [-0.15, -0.1) is 10.2 Å². The highest BCUT2D eigenvalue weighted by molar-refractivity contribution is 5.94. The molecular formula is C24H28N4O3. The maximum atomic E-state index is 12.6. The predicted octanol–water partition coefficient (Wildman–Crippen LogP) is 3.55. The van der Waals surface area contributed by atoms with Gasteiger partial charge in [-0.2, -0.15) is 0 Å². The standard InChI is InChI=1S/C24H28N4O3/c1-17-6-4-5-7-20(17)23-27-26-22(31-23)19-10-8-18(9-11-19)21(29)25-16-24(2,3)28-12-14-30-15-13-28/h4-11H,12-16H2,1-3H3,(H,25,29). The molecule has 3 aromatic rings. The Balaban J connectivity index is 1.40. The second-order valence-electron chi connectivity index (χ2n) is 8.40. The molecule has 1 aliphatic heterocycles. The van der Waals surface area contributed by atoms with Gasteiger partial charge >= 0.3 is 0 Å². The van der Waals surface area contributed by atoms with Crippen molar-refractivity contribution in [1.29, 1.82) is 0 Å². The molecule has 31 heavy (non-hydrogen) atoms. The third kappa shape index (κ3) is 4.84. The van der Waals surface area contributed by atoms with Crippen LogP contribution in [0.5, 0.6) is 0 Å². The number of benzene rings is 2. The summed E-state index contributed by atoms with van der Waals surface area (Å²) in [5.74, 6) is 0.818. The molecule has 0 unspecified atom stereocenters. The highest BCUT2D eigenvalue weighted by atomic mass is 16.5. The number of hydrogen-bond donors (Lipinski definition) is 1. The Morgan fingerprint density at radius 1 is 1.03 bits per heavy atom. The molecule has 7 nitrogen and oxygen atoms in total. The number of aryl methyl sites for hydroxylation is 1. The molecule has 0 spiro atoms. The van der Waals surface area contributed by atoms with Crippen LogP contribution in [0.3, 0.4) is 0 Å². The van der Waals surface area contributed by atoms with E-state index in [1.807, 2.05) is 43.3 Å². The molecule has 1 aromatic heterocycles. The fraction of sp³-hybridized carbons (Fsp3) is 0.375. The van der Waals surface area contributed by atoms with Crippen LogP contribution in [0.2, 0.25) is 0 Å². The normalized spacial score (nSPS) is 15.1. The lowest BCUT2D eigenvalue weighted by Crippen LogP contribution is -2.55. The van der Waals surface area contributed by atoms with Crippen LogP contribution in [0, 0.1) is 6.92 Å². The molecule has 2 aromatic carbocycles. The Kier molecular flexibility index (Phi) is 6.15. The molecule has 0 saturated carbocycles. The smallest absolute Gasteiger partial charge is 0.251 e. The average Bonchev–Trinajstić information content (AvgIpc) is 3.28. The molecule has 1 fully saturated rings.